The summed E-state index contributed by atoms with van der Waals surface area (Å²) in [6, 6.07) is 6.89. The predicted octanol–water partition coefficient (Wildman–Crippen LogP) is 2.26. The second-order valence-electron chi connectivity index (χ2n) is 2.74. The summed E-state index contributed by atoms with van der Waals surface area (Å²) in [5, 5.41) is 19.8. The minimum Gasteiger partial charge on any atom is -0.465 e. The molecule has 5 nitrogen and oxygen atoms in total. The van der Waals surface area contributed by atoms with Crippen molar-refractivity contribution in [2.45, 2.75) is 0 Å². The number of carboxylic acid groups (broad SMARTS) is 1. The summed E-state index contributed by atoms with van der Waals surface area (Å²) in [5.74, 6) is 0. The Balaban J connectivity index is 2.47. The van der Waals surface area contributed by atoms with E-state index in [1.807, 2.05) is 6.07 Å². The molecule has 0 aliphatic carbocycles. The van der Waals surface area contributed by atoms with Crippen molar-refractivity contribution in [3.63, 3.8) is 0 Å². The number of hydrogen-bond donors (Lipinski definition) is 2. The van der Waals surface area contributed by atoms with Gasteiger partial charge in [0.25, 0.3) is 0 Å². The zero-order valence-electron chi connectivity index (χ0n) is 7.39. The van der Waals surface area contributed by atoms with Crippen molar-refractivity contribution in [2.24, 2.45) is 0 Å². The molecule has 2 N–H and O–H groups in total. The lowest BCUT2D eigenvalue weighted by Gasteiger charge is -1.98. The molecule has 0 radical (unpaired) electrons. The molecule has 1 amide bonds. The van der Waals surface area contributed by atoms with E-state index in [1.165, 1.54) is 11.3 Å². The van der Waals surface area contributed by atoms with Crippen molar-refractivity contribution in [3.8, 4) is 6.07 Å². The van der Waals surface area contributed by atoms with Gasteiger partial charge in [0.1, 0.15) is 6.07 Å². The number of nitrogens with one attached hydrogen (secondary N) is 1. The van der Waals surface area contributed by atoms with Crippen LogP contribution in [-0.4, -0.2) is 16.2 Å². The van der Waals surface area contributed by atoms with Gasteiger partial charge in [-0.2, -0.15) is 5.26 Å². The smallest absolute Gasteiger partial charge is 0.409 e. The molecule has 0 bridgehead atoms. The van der Waals surface area contributed by atoms with Gasteiger partial charge in [-0.3, -0.25) is 5.32 Å². The number of hydrogen-bond acceptors (Lipinski definition) is 4. The molecule has 0 aliphatic rings. The van der Waals surface area contributed by atoms with Gasteiger partial charge >= 0.3 is 6.09 Å². The van der Waals surface area contributed by atoms with Gasteiger partial charge in [-0.25, -0.2) is 9.78 Å². The Bertz CT molecular complexity index is 570. The number of rotatable bonds is 1. The van der Waals surface area contributed by atoms with Gasteiger partial charge in [0.2, 0.25) is 0 Å². The van der Waals surface area contributed by atoms with E-state index in [4.69, 9.17) is 10.4 Å². The molecule has 74 valence electrons. The van der Waals surface area contributed by atoms with Crippen LogP contribution in [0.15, 0.2) is 18.2 Å². The fraction of sp³-hybridized carbons (Fsp3) is 0. The first kappa shape index (κ1) is 9.43. The van der Waals surface area contributed by atoms with E-state index in [0.29, 0.717) is 16.2 Å². The second kappa shape index (κ2) is 3.55. The molecule has 1 heterocycles. The van der Waals surface area contributed by atoms with Crippen LogP contribution in [0.4, 0.5) is 10.5 Å². The summed E-state index contributed by atoms with van der Waals surface area (Å²) < 4.78 is 0.790. The van der Waals surface area contributed by atoms with Gasteiger partial charge in [-0.1, -0.05) is 0 Å². The molecular weight excluding hydrogens is 214 g/mol. The molecule has 0 spiro atoms. The maximum absolute atomic E-state index is 10.4. The summed E-state index contributed by atoms with van der Waals surface area (Å²) >= 11 is 1.23. The molecule has 2 aromatic rings. The molecule has 0 atom stereocenters. The third-order valence-corrected chi connectivity index (χ3v) is 2.66. The monoisotopic (exact) mass is 219 g/mol. The van der Waals surface area contributed by atoms with Gasteiger partial charge in [-0.15, -0.1) is 11.3 Å². The quantitative estimate of drug-likeness (QED) is 0.770. The SMILES string of the molecule is N#Cc1nc2ccc(NC(=O)O)cc2s1. The van der Waals surface area contributed by atoms with Crippen LogP contribution in [0, 0.1) is 11.3 Å². The number of amides is 1. The maximum atomic E-state index is 10.4. The molecule has 0 unspecified atom stereocenters. The summed E-state index contributed by atoms with van der Waals surface area (Å²) in [6.45, 7) is 0. The number of nitrogens with zero attached hydrogens (tertiary/aromatic N) is 2. The molecule has 2 rings (SSSR count). The van der Waals surface area contributed by atoms with Crippen molar-refractivity contribution in [2.75, 3.05) is 5.32 Å². The third kappa shape index (κ3) is 1.87. The lowest BCUT2D eigenvalue weighted by atomic mass is 10.3. The first-order chi connectivity index (χ1) is 7.19. The summed E-state index contributed by atoms with van der Waals surface area (Å²) in [5.41, 5.74) is 1.18. The highest BCUT2D eigenvalue weighted by atomic mass is 32.1. The van der Waals surface area contributed by atoms with Gasteiger partial charge in [0.15, 0.2) is 5.01 Å². The van der Waals surface area contributed by atoms with Gasteiger partial charge in [0.05, 0.1) is 10.2 Å². The van der Waals surface area contributed by atoms with Crippen LogP contribution in [0.5, 0.6) is 0 Å². The molecule has 0 saturated heterocycles. The van der Waals surface area contributed by atoms with Crippen LogP contribution < -0.4 is 5.32 Å². The zero-order valence-corrected chi connectivity index (χ0v) is 8.21. The molecule has 1 aromatic carbocycles. The normalized spacial score (nSPS) is 9.80. The lowest BCUT2D eigenvalue weighted by Crippen LogP contribution is -2.06. The standard InChI is InChI=1S/C9H5N3O2S/c10-4-8-12-6-2-1-5(11-9(13)14)3-7(6)15-8/h1-3,11H,(H,13,14). The van der Waals surface area contributed by atoms with Crippen LogP contribution in [0.3, 0.4) is 0 Å². The molecule has 6 heteroatoms. The molecule has 0 fully saturated rings. The zero-order chi connectivity index (χ0) is 10.8. The minimum atomic E-state index is -1.11. The predicted molar refractivity (Wildman–Crippen MR) is 56.0 cm³/mol. The van der Waals surface area contributed by atoms with E-state index in [1.54, 1.807) is 18.2 Å². The Morgan fingerprint density at radius 1 is 1.60 bits per heavy atom. The number of anilines is 1. The van der Waals surface area contributed by atoms with Crippen LogP contribution in [0.25, 0.3) is 10.2 Å². The van der Waals surface area contributed by atoms with Crippen LogP contribution in [-0.2, 0) is 0 Å². The fourth-order valence-corrected chi connectivity index (χ4v) is 1.98. The number of thiazole rings is 1. The van der Waals surface area contributed by atoms with E-state index in [0.717, 1.165) is 4.70 Å². The van der Waals surface area contributed by atoms with Crippen molar-refractivity contribution in [1.82, 2.24) is 4.98 Å². The van der Waals surface area contributed by atoms with Gasteiger partial charge < -0.3 is 5.11 Å². The summed E-state index contributed by atoms with van der Waals surface area (Å²) in [6.07, 6.45) is -1.11. The van der Waals surface area contributed by atoms with Crippen molar-refractivity contribution in [1.29, 1.82) is 5.26 Å². The molecular formula is C9H5N3O2S. The topological polar surface area (TPSA) is 86.0 Å². The average Bonchev–Trinajstić information content (AvgIpc) is 2.58. The largest absolute Gasteiger partial charge is 0.465 e. The number of benzene rings is 1. The van der Waals surface area contributed by atoms with E-state index in [9.17, 15) is 4.79 Å². The van der Waals surface area contributed by atoms with Crippen molar-refractivity contribution < 1.29 is 9.90 Å². The first-order valence-electron chi connectivity index (χ1n) is 3.99. The van der Waals surface area contributed by atoms with E-state index in [-0.39, 0.29) is 0 Å². The highest BCUT2D eigenvalue weighted by Crippen LogP contribution is 2.24. The number of fused-ring (bicyclic) bond motifs is 1. The maximum Gasteiger partial charge on any atom is 0.409 e. The Hall–Kier alpha value is -2.13. The Kier molecular flexibility index (Phi) is 2.23. The van der Waals surface area contributed by atoms with Gasteiger partial charge in [-0.05, 0) is 18.2 Å². The minimum absolute atomic E-state index is 0.373. The molecule has 0 saturated carbocycles. The lowest BCUT2D eigenvalue weighted by molar-refractivity contribution is 0.210. The van der Waals surface area contributed by atoms with Crippen LogP contribution in [0.1, 0.15) is 5.01 Å². The highest BCUT2D eigenvalue weighted by molar-refractivity contribution is 7.19. The van der Waals surface area contributed by atoms with Crippen LogP contribution >= 0.6 is 11.3 Å². The van der Waals surface area contributed by atoms with Crippen molar-refractivity contribution in [3.05, 3.63) is 23.2 Å². The summed E-state index contributed by atoms with van der Waals surface area (Å²) in [4.78, 5) is 14.4. The second-order valence-corrected chi connectivity index (χ2v) is 3.77. The van der Waals surface area contributed by atoms with E-state index in [2.05, 4.69) is 10.3 Å². The number of carbonyl (C=O) groups is 1. The highest BCUT2D eigenvalue weighted by Gasteiger charge is 2.04. The van der Waals surface area contributed by atoms with E-state index >= 15 is 0 Å². The summed E-state index contributed by atoms with van der Waals surface area (Å²) in [7, 11) is 0. The Labute approximate surface area is 88.6 Å². The number of nitriles is 1. The molecule has 15 heavy (non-hydrogen) atoms. The number of aromatic nitrogens is 1. The first-order valence-corrected chi connectivity index (χ1v) is 4.81. The van der Waals surface area contributed by atoms with Crippen LogP contribution in [0.2, 0.25) is 0 Å². The fourth-order valence-electron chi connectivity index (χ4n) is 1.17. The molecule has 0 aliphatic heterocycles. The average molecular weight is 219 g/mol. The van der Waals surface area contributed by atoms with Gasteiger partial charge in [0, 0.05) is 5.69 Å². The Morgan fingerprint density at radius 2 is 2.40 bits per heavy atom. The molecule has 1 aromatic heterocycles. The van der Waals surface area contributed by atoms with E-state index < -0.39 is 6.09 Å². The van der Waals surface area contributed by atoms with Crippen molar-refractivity contribution >= 4 is 33.3 Å². The Morgan fingerprint density at radius 3 is 3.07 bits per heavy atom. The third-order valence-electron chi connectivity index (χ3n) is 1.74.